The molecule has 4 nitrogen and oxygen atoms in total. The fraction of sp³-hybridized carbons (Fsp3) is 0.318. The van der Waals surface area contributed by atoms with Crippen LogP contribution in [0, 0.1) is 0 Å². The van der Waals surface area contributed by atoms with Gasteiger partial charge in [-0.3, -0.25) is 4.79 Å². The average Bonchev–Trinajstić information content (AvgIpc) is 3.44. The maximum Gasteiger partial charge on any atom is 0.255 e. The summed E-state index contributed by atoms with van der Waals surface area (Å²) in [6, 6.07) is 12.4. The minimum Gasteiger partial charge on any atom is -0.339 e. The third-order valence-electron chi connectivity index (χ3n) is 4.91. The van der Waals surface area contributed by atoms with Crippen LogP contribution in [0.2, 0.25) is 0 Å². The summed E-state index contributed by atoms with van der Waals surface area (Å²) in [5, 5.41) is 4.08. The lowest BCUT2D eigenvalue weighted by Crippen LogP contribution is -2.27. The molecule has 1 fully saturated rings. The lowest BCUT2D eigenvalue weighted by Gasteiger charge is -2.14. The van der Waals surface area contributed by atoms with E-state index in [1.807, 2.05) is 17.0 Å². The second kappa shape index (κ2) is 8.88. The predicted octanol–water partition coefficient (Wildman–Crippen LogP) is 5.30. The van der Waals surface area contributed by atoms with Gasteiger partial charge in [0.2, 0.25) is 0 Å². The normalized spacial score (nSPS) is 13.8. The number of aryl methyl sites for hydroxylation is 1. The Morgan fingerprint density at radius 3 is 2.61 bits per heavy atom. The van der Waals surface area contributed by atoms with Crippen LogP contribution in [-0.2, 0) is 12.2 Å². The molecule has 0 aliphatic carbocycles. The summed E-state index contributed by atoms with van der Waals surface area (Å²) in [6.45, 7) is 3.89. The van der Waals surface area contributed by atoms with Crippen molar-refractivity contribution in [2.75, 3.05) is 13.1 Å². The van der Waals surface area contributed by atoms with Crippen LogP contribution in [0.25, 0.3) is 10.6 Å². The van der Waals surface area contributed by atoms with E-state index >= 15 is 0 Å². The molecule has 3 aromatic rings. The molecule has 28 heavy (non-hydrogen) atoms. The van der Waals surface area contributed by atoms with Crippen LogP contribution in [0.1, 0.15) is 41.4 Å². The molecule has 0 radical (unpaired) electrons. The molecule has 0 unspecified atom stereocenters. The van der Waals surface area contributed by atoms with Crippen molar-refractivity contribution in [2.45, 2.75) is 37.0 Å². The van der Waals surface area contributed by atoms with E-state index in [4.69, 9.17) is 4.98 Å². The molecular formula is C22H23N3OS2. The number of rotatable bonds is 6. The standard InChI is InChI=1S/C22H23N3OS2/c1-2-16-5-7-17(8-6-16)21-24-19(15-28-21)14-27-20-10-9-18(13-23-20)22(26)25-11-3-4-12-25/h5-10,13,15H,2-4,11-12,14H2,1H3. The van der Waals surface area contributed by atoms with Crippen LogP contribution in [0.4, 0.5) is 0 Å². The van der Waals surface area contributed by atoms with Gasteiger partial charge in [-0.05, 0) is 37.0 Å². The number of hydrogen-bond acceptors (Lipinski definition) is 5. The first-order valence-corrected chi connectivity index (χ1v) is 11.5. The molecule has 0 N–H and O–H groups in total. The second-order valence-electron chi connectivity index (χ2n) is 6.87. The van der Waals surface area contributed by atoms with Gasteiger partial charge >= 0.3 is 0 Å². The smallest absolute Gasteiger partial charge is 0.255 e. The molecule has 3 heterocycles. The summed E-state index contributed by atoms with van der Waals surface area (Å²) in [4.78, 5) is 23.5. The Bertz CT molecular complexity index is 929. The SMILES string of the molecule is CCc1ccc(-c2nc(CSc3ccc(C(=O)N4CCCC4)cn3)cs2)cc1. The Morgan fingerprint density at radius 2 is 1.93 bits per heavy atom. The van der Waals surface area contributed by atoms with Crippen LogP contribution in [0.15, 0.2) is 53.0 Å². The third-order valence-corrected chi connectivity index (χ3v) is 6.82. The maximum absolute atomic E-state index is 12.4. The molecule has 1 amide bonds. The van der Waals surface area contributed by atoms with Crippen molar-refractivity contribution in [3.8, 4) is 10.6 Å². The number of aromatic nitrogens is 2. The van der Waals surface area contributed by atoms with Gasteiger partial charge in [0.05, 0.1) is 16.3 Å². The number of hydrogen-bond donors (Lipinski definition) is 0. The number of carbonyl (C=O) groups excluding carboxylic acids is 1. The number of thiazole rings is 1. The first kappa shape index (κ1) is 19.2. The van der Waals surface area contributed by atoms with Crippen molar-refractivity contribution in [1.29, 1.82) is 0 Å². The van der Waals surface area contributed by atoms with Gasteiger partial charge in [0.25, 0.3) is 5.91 Å². The van der Waals surface area contributed by atoms with Gasteiger partial charge in [-0.2, -0.15) is 0 Å². The quantitative estimate of drug-likeness (QED) is 0.519. The summed E-state index contributed by atoms with van der Waals surface area (Å²) < 4.78 is 0. The number of carbonyl (C=O) groups is 1. The Morgan fingerprint density at radius 1 is 1.14 bits per heavy atom. The highest BCUT2D eigenvalue weighted by Crippen LogP contribution is 2.28. The Hall–Kier alpha value is -2.18. The monoisotopic (exact) mass is 409 g/mol. The van der Waals surface area contributed by atoms with Crippen LogP contribution in [-0.4, -0.2) is 33.9 Å². The van der Waals surface area contributed by atoms with Gasteiger partial charge in [-0.1, -0.05) is 31.2 Å². The first-order chi connectivity index (χ1) is 13.7. The summed E-state index contributed by atoms with van der Waals surface area (Å²) in [5.41, 5.74) is 4.25. The summed E-state index contributed by atoms with van der Waals surface area (Å²) in [7, 11) is 0. The van der Waals surface area contributed by atoms with Crippen molar-refractivity contribution in [2.24, 2.45) is 0 Å². The van der Waals surface area contributed by atoms with Crippen molar-refractivity contribution in [1.82, 2.24) is 14.9 Å². The Labute approximate surface area is 174 Å². The molecule has 6 heteroatoms. The van der Waals surface area contributed by atoms with Crippen LogP contribution in [0.5, 0.6) is 0 Å². The number of pyridine rings is 1. The van der Waals surface area contributed by atoms with E-state index in [0.717, 1.165) is 53.8 Å². The van der Waals surface area contributed by atoms with E-state index < -0.39 is 0 Å². The number of amides is 1. The van der Waals surface area contributed by atoms with Gasteiger partial charge in [-0.25, -0.2) is 9.97 Å². The summed E-state index contributed by atoms with van der Waals surface area (Å²) >= 11 is 3.33. The largest absolute Gasteiger partial charge is 0.339 e. The zero-order chi connectivity index (χ0) is 19.3. The lowest BCUT2D eigenvalue weighted by molar-refractivity contribution is 0.0792. The van der Waals surface area contributed by atoms with Gasteiger partial charge in [-0.15, -0.1) is 23.1 Å². The van der Waals surface area contributed by atoms with Gasteiger partial charge in [0.15, 0.2) is 0 Å². The average molecular weight is 410 g/mol. The zero-order valence-corrected chi connectivity index (χ0v) is 17.6. The second-order valence-corrected chi connectivity index (χ2v) is 8.72. The van der Waals surface area contributed by atoms with Crippen LogP contribution in [0.3, 0.4) is 0 Å². The van der Waals surface area contributed by atoms with Crippen molar-refractivity contribution in [3.63, 3.8) is 0 Å². The molecule has 2 aromatic heterocycles. The van der Waals surface area contributed by atoms with E-state index in [-0.39, 0.29) is 5.91 Å². The highest BCUT2D eigenvalue weighted by Gasteiger charge is 2.19. The minimum atomic E-state index is 0.0970. The molecule has 0 bridgehead atoms. The Balaban J connectivity index is 1.35. The van der Waals surface area contributed by atoms with Gasteiger partial charge in [0.1, 0.15) is 5.01 Å². The highest BCUT2D eigenvalue weighted by molar-refractivity contribution is 7.98. The van der Waals surface area contributed by atoms with E-state index in [2.05, 4.69) is 41.6 Å². The summed E-state index contributed by atoms with van der Waals surface area (Å²) in [5.74, 6) is 0.871. The first-order valence-electron chi connectivity index (χ1n) is 9.65. The third kappa shape index (κ3) is 4.45. The molecule has 1 aliphatic rings. The molecular weight excluding hydrogens is 386 g/mol. The fourth-order valence-electron chi connectivity index (χ4n) is 3.23. The van der Waals surface area contributed by atoms with Crippen molar-refractivity contribution in [3.05, 3.63) is 64.8 Å². The van der Waals surface area contributed by atoms with Crippen molar-refractivity contribution < 1.29 is 4.79 Å². The number of thioether (sulfide) groups is 1. The molecule has 4 rings (SSSR count). The number of likely N-dealkylation sites (tertiary alicyclic amines) is 1. The van der Waals surface area contributed by atoms with Crippen molar-refractivity contribution >= 4 is 29.0 Å². The predicted molar refractivity (Wildman–Crippen MR) is 116 cm³/mol. The molecule has 0 saturated carbocycles. The molecule has 144 valence electrons. The highest BCUT2D eigenvalue weighted by atomic mass is 32.2. The molecule has 0 atom stereocenters. The number of benzene rings is 1. The van der Waals surface area contributed by atoms with Gasteiger partial charge in [0, 0.05) is 36.0 Å². The maximum atomic E-state index is 12.4. The van der Waals surface area contributed by atoms with E-state index in [1.54, 1.807) is 29.3 Å². The topological polar surface area (TPSA) is 46.1 Å². The molecule has 1 aromatic carbocycles. The molecule has 0 spiro atoms. The molecule has 1 aliphatic heterocycles. The van der Waals surface area contributed by atoms with Crippen LogP contribution >= 0.6 is 23.1 Å². The number of nitrogens with zero attached hydrogens (tertiary/aromatic N) is 3. The fourth-order valence-corrected chi connectivity index (χ4v) is 4.90. The van der Waals surface area contributed by atoms with E-state index in [0.29, 0.717) is 5.56 Å². The van der Waals surface area contributed by atoms with E-state index in [9.17, 15) is 4.79 Å². The van der Waals surface area contributed by atoms with Crippen LogP contribution < -0.4 is 0 Å². The molecule has 1 saturated heterocycles. The minimum absolute atomic E-state index is 0.0970. The zero-order valence-electron chi connectivity index (χ0n) is 15.9. The lowest BCUT2D eigenvalue weighted by atomic mass is 10.1. The summed E-state index contributed by atoms with van der Waals surface area (Å²) in [6.07, 6.45) is 4.96. The van der Waals surface area contributed by atoms with E-state index in [1.165, 1.54) is 11.1 Å². The Kier molecular flexibility index (Phi) is 6.07. The van der Waals surface area contributed by atoms with Gasteiger partial charge < -0.3 is 4.90 Å².